The highest BCUT2D eigenvalue weighted by Crippen LogP contribution is 2.37. The second-order valence-corrected chi connectivity index (χ2v) is 6.62. The maximum atomic E-state index is 13.5. The summed E-state index contributed by atoms with van der Waals surface area (Å²) in [5.74, 6) is -2.84. The normalized spacial score (nSPS) is 13.2. The standard InChI is InChI=1S/C19H16BrF3O2/c1-11-3-6-14(9-12(11)2)16(19(21,22)23)8-5-13-4-7-15(18(24)25)17(20)10-13/h3-10,16H,1-2H3,(H,24,25)/b8-5+. The second-order valence-electron chi connectivity index (χ2n) is 5.77. The number of rotatable bonds is 4. The van der Waals surface area contributed by atoms with Gasteiger partial charge in [0.05, 0.1) is 11.5 Å². The fraction of sp³-hybridized carbons (Fsp3) is 0.211. The molecule has 0 amide bonds. The van der Waals surface area contributed by atoms with Gasteiger partial charge in [0.15, 0.2) is 0 Å². The zero-order chi connectivity index (χ0) is 18.8. The average Bonchev–Trinajstić information content (AvgIpc) is 2.49. The van der Waals surface area contributed by atoms with Gasteiger partial charge in [-0.2, -0.15) is 13.2 Å². The van der Waals surface area contributed by atoms with Gasteiger partial charge in [0.2, 0.25) is 0 Å². The van der Waals surface area contributed by atoms with Gasteiger partial charge in [0.1, 0.15) is 0 Å². The molecule has 0 radical (unpaired) electrons. The van der Waals surface area contributed by atoms with Crippen LogP contribution in [0.2, 0.25) is 0 Å². The molecule has 0 aliphatic rings. The van der Waals surface area contributed by atoms with E-state index >= 15 is 0 Å². The van der Waals surface area contributed by atoms with Crippen LogP contribution in [0.25, 0.3) is 6.08 Å². The highest BCUT2D eigenvalue weighted by molar-refractivity contribution is 9.10. The molecule has 1 unspecified atom stereocenters. The monoisotopic (exact) mass is 412 g/mol. The zero-order valence-electron chi connectivity index (χ0n) is 13.6. The van der Waals surface area contributed by atoms with Gasteiger partial charge < -0.3 is 5.11 Å². The van der Waals surface area contributed by atoms with Gasteiger partial charge in [-0.3, -0.25) is 0 Å². The number of benzene rings is 2. The smallest absolute Gasteiger partial charge is 0.399 e. The molecule has 25 heavy (non-hydrogen) atoms. The van der Waals surface area contributed by atoms with Crippen LogP contribution in [-0.4, -0.2) is 17.3 Å². The van der Waals surface area contributed by atoms with Crippen LogP contribution in [0.5, 0.6) is 0 Å². The van der Waals surface area contributed by atoms with Crippen molar-refractivity contribution in [2.75, 3.05) is 0 Å². The van der Waals surface area contributed by atoms with Crippen molar-refractivity contribution in [3.63, 3.8) is 0 Å². The van der Waals surface area contributed by atoms with Crippen LogP contribution in [0.3, 0.4) is 0 Å². The van der Waals surface area contributed by atoms with Crippen molar-refractivity contribution in [3.8, 4) is 0 Å². The number of carbonyl (C=O) groups is 1. The van der Waals surface area contributed by atoms with E-state index in [4.69, 9.17) is 5.11 Å². The minimum absolute atomic E-state index is 0.0543. The van der Waals surface area contributed by atoms with Gasteiger partial charge in [-0.25, -0.2) is 4.79 Å². The van der Waals surface area contributed by atoms with Crippen molar-refractivity contribution in [2.45, 2.75) is 25.9 Å². The van der Waals surface area contributed by atoms with Crippen LogP contribution in [0, 0.1) is 13.8 Å². The number of aryl methyl sites for hydroxylation is 2. The van der Waals surface area contributed by atoms with Crippen molar-refractivity contribution in [1.29, 1.82) is 0 Å². The van der Waals surface area contributed by atoms with Gasteiger partial charge >= 0.3 is 12.1 Å². The average molecular weight is 413 g/mol. The molecular formula is C19H16BrF3O2. The summed E-state index contributed by atoms with van der Waals surface area (Å²) in [5.41, 5.74) is 2.44. The summed E-state index contributed by atoms with van der Waals surface area (Å²) in [6.07, 6.45) is -1.98. The molecule has 0 saturated heterocycles. The highest BCUT2D eigenvalue weighted by atomic mass is 79.9. The summed E-state index contributed by atoms with van der Waals surface area (Å²) in [6.45, 7) is 3.62. The summed E-state index contributed by atoms with van der Waals surface area (Å²) < 4.78 is 40.7. The first-order valence-electron chi connectivity index (χ1n) is 7.44. The molecule has 0 spiro atoms. The molecule has 2 aromatic rings. The zero-order valence-corrected chi connectivity index (χ0v) is 15.1. The van der Waals surface area contributed by atoms with E-state index in [1.54, 1.807) is 19.1 Å². The fourth-order valence-electron chi connectivity index (χ4n) is 2.38. The Hall–Kier alpha value is -2.08. The van der Waals surface area contributed by atoms with E-state index in [1.807, 2.05) is 6.92 Å². The van der Waals surface area contributed by atoms with Crippen LogP contribution in [0.4, 0.5) is 13.2 Å². The summed E-state index contributed by atoms with van der Waals surface area (Å²) in [7, 11) is 0. The number of hydrogen-bond donors (Lipinski definition) is 1. The summed E-state index contributed by atoms with van der Waals surface area (Å²) in [4.78, 5) is 11.0. The first kappa shape index (κ1) is 19.2. The van der Waals surface area contributed by atoms with Gasteiger partial charge in [0.25, 0.3) is 0 Å². The number of carboxylic acid groups (broad SMARTS) is 1. The lowest BCUT2D eigenvalue weighted by molar-refractivity contribution is -0.139. The molecule has 0 saturated carbocycles. The molecule has 1 atom stereocenters. The van der Waals surface area contributed by atoms with Crippen LogP contribution in [-0.2, 0) is 0 Å². The number of carboxylic acids is 1. The van der Waals surface area contributed by atoms with Crippen molar-refractivity contribution in [2.24, 2.45) is 0 Å². The minimum atomic E-state index is -4.42. The van der Waals surface area contributed by atoms with Crippen LogP contribution in [0.1, 0.15) is 38.5 Å². The summed E-state index contributed by atoms with van der Waals surface area (Å²) in [6, 6.07) is 9.00. The Morgan fingerprint density at radius 2 is 1.80 bits per heavy atom. The lowest BCUT2D eigenvalue weighted by atomic mass is 9.94. The molecule has 2 rings (SSSR count). The molecule has 0 bridgehead atoms. The van der Waals surface area contributed by atoms with Crippen molar-refractivity contribution in [1.82, 2.24) is 0 Å². The number of alkyl halides is 3. The van der Waals surface area contributed by atoms with Crippen molar-refractivity contribution < 1.29 is 23.1 Å². The molecule has 132 valence electrons. The SMILES string of the molecule is Cc1ccc(C(/C=C/c2ccc(C(=O)O)c(Br)c2)C(F)(F)F)cc1C. The Kier molecular flexibility index (Phi) is 5.72. The topological polar surface area (TPSA) is 37.3 Å². The quantitative estimate of drug-likeness (QED) is 0.656. The van der Waals surface area contributed by atoms with Gasteiger partial charge in [-0.05, 0) is 64.2 Å². The Bertz CT molecular complexity index is 826. The van der Waals surface area contributed by atoms with E-state index in [-0.39, 0.29) is 11.1 Å². The summed E-state index contributed by atoms with van der Waals surface area (Å²) in [5, 5.41) is 8.98. The van der Waals surface area contributed by atoms with Crippen LogP contribution >= 0.6 is 15.9 Å². The van der Waals surface area contributed by atoms with E-state index in [2.05, 4.69) is 15.9 Å². The maximum Gasteiger partial charge on any atom is 0.399 e. The largest absolute Gasteiger partial charge is 0.478 e. The number of hydrogen-bond acceptors (Lipinski definition) is 1. The molecule has 2 aromatic carbocycles. The molecule has 0 fully saturated rings. The molecule has 1 N–H and O–H groups in total. The Morgan fingerprint density at radius 1 is 1.12 bits per heavy atom. The van der Waals surface area contributed by atoms with E-state index in [0.29, 0.717) is 10.0 Å². The van der Waals surface area contributed by atoms with Crippen molar-refractivity contribution in [3.05, 3.63) is 74.8 Å². The third-order valence-corrected chi connectivity index (χ3v) is 4.60. The van der Waals surface area contributed by atoms with E-state index in [9.17, 15) is 18.0 Å². The lowest BCUT2D eigenvalue weighted by Gasteiger charge is -2.18. The fourth-order valence-corrected chi connectivity index (χ4v) is 2.95. The highest BCUT2D eigenvalue weighted by Gasteiger charge is 2.38. The molecule has 0 aliphatic heterocycles. The van der Waals surface area contributed by atoms with E-state index < -0.39 is 18.1 Å². The molecule has 0 heterocycles. The lowest BCUT2D eigenvalue weighted by Crippen LogP contribution is -2.19. The first-order chi connectivity index (χ1) is 11.6. The number of allylic oxidation sites excluding steroid dienone is 1. The summed E-state index contributed by atoms with van der Waals surface area (Å²) >= 11 is 3.12. The third kappa shape index (κ3) is 4.72. The Morgan fingerprint density at radius 3 is 2.32 bits per heavy atom. The van der Waals surface area contributed by atoms with Crippen molar-refractivity contribution >= 4 is 28.0 Å². The molecule has 0 aliphatic carbocycles. The van der Waals surface area contributed by atoms with Crippen LogP contribution in [0.15, 0.2) is 46.9 Å². The molecular weight excluding hydrogens is 397 g/mol. The van der Waals surface area contributed by atoms with Gasteiger partial charge in [-0.15, -0.1) is 0 Å². The minimum Gasteiger partial charge on any atom is -0.478 e. The molecule has 0 aromatic heterocycles. The van der Waals surface area contributed by atoms with E-state index in [0.717, 1.165) is 17.2 Å². The van der Waals surface area contributed by atoms with E-state index in [1.165, 1.54) is 30.3 Å². The molecule has 6 heteroatoms. The Labute approximate surface area is 152 Å². The number of aromatic carboxylic acids is 1. The third-order valence-electron chi connectivity index (χ3n) is 3.95. The van der Waals surface area contributed by atoms with Gasteiger partial charge in [0, 0.05) is 4.47 Å². The van der Waals surface area contributed by atoms with Crippen LogP contribution < -0.4 is 0 Å². The maximum absolute atomic E-state index is 13.5. The second kappa shape index (κ2) is 7.44. The Balaban J connectivity index is 2.37. The molecule has 2 nitrogen and oxygen atoms in total. The predicted octanol–water partition coefficient (Wildman–Crippen LogP) is 6.12. The number of halogens is 4. The first-order valence-corrected chi connectivity index (χ1v) is 8.24. The van der Waals surface area contributed by atoms with Gasteiger partial charge in [-0.1, -0.05) is 36.4 Å². The predicted molar refractivity (Wildman–Crippen MR) is 94.8 cm³/mol.